The summed E-state index contributed by atoms with van der Waals surface area (Å²) in [7, 11) is 1.64. The van der Waals surface area contributed by atoms with Gasteiger partial charge in [0.05, 0.1) is 7.11 Å². The van der Waals surface area contributed by atoms with Crippen molar-refractivity contribution in [2.45, 2.75) is 25.8 Å². The van der Waals surface area contributed by atoms with Gasteiger partial charge >= 0.3 is 0 Å². The molecule has 0 aromatic heterocycles. The van der Waals surface area contributed by atoms with E-state index >= 15 is 0 Å². The fourth-order valence-corrected chi connectivity index (χ4v) is 2.87. The summed E-state index contributed by atoms with van der Waals surface area (Å²) in [6.45, 7) is 2.63. The molecule has 1 amide bonds. The topological polar surface area (TPSA) is 72.6 Å². The minimum Gasteiger partial charge on any atom is -0.496 e. The van der Waals surface area contributed by atoms with Crippen LogP contribution in [0.3, 0.4) is 0 Å². The minimum atomic E-state index is -0.214. The van der Waals surface area contributed by atoms with Gasteiger partial charge in [-0.3, -0.25) is 14.5 Å². The summed E-state index contributed by atoms with van der Waals surface area (Å²) in [5.74, 6) is 0.996. The van der Waals surface area contributed by atoms with E-state index < -0.39 is 0 Å². The van der Waals surface area contributed by atoms with Gasteiger partial charge in [-0.15, -0.1) is 0 Å². The average Bonchev–Trinajstić information content (AvgIpc) is 2.48. The molecule has 1 saturated heterocycles. The van der Waals surface area contributed by atoms with Crippen LogP contribution in [0.4, 0.5) is 0 Å². The van der Waals surface area contributed by atoms with Gasteiger partial charge in [0.15, 0.2) is 0 Å². The zero-order valence-corrected chi connectivity index (χ0v) is 12.4. The smallest absolute Gasteiger partial charge is 0.217 e. The Labute approximate surface area is 125 Å². The first-order valence-electron chi connectivity index (χ1n) is 7.25. The molecular weight excluding hydrogens is 268 g/mol. The van der Waals surface area contributed by atoms with Gasteiger partial charge in [-0.2, -0.15) is 0 Å². The molecule has 5 heteroatoms. The van der Waals surface area contributed by atoms with E-state index in [2.05, 4.69) is 4.90 Å². The quantitative estimate of drug-likeness (QED) is 0.808. The summed E-state index contributed by atoms with van der Waals surface area (Å²) in [5, 5.41) is 0. The molecule has 0 aliphatic carbocycles. The number of amides is 1. The fourth-order valence-electron chi connectivity index (χ4n) is 2.87. The summed E-state index contributed by atoms with van der Waals surface area (Å²) in [5.41, 5.74) is 6.93. The van der Waals surface area contributed by atoms with Crippen molar-refractivity contribution in [3.63, 3.8) is 0 Å². The number of hydrogen-bond donors (Lipinski definition) is 1. The average molecular weight is 290 g/mol. The van der Waals surface area contributed by atoms with Crippen molar-refractivity contribution in [2.24, 2.45) is 11.7 Å². The highest BCUT2D eigenvalue weighted by Crippen LogP contribution is 2.25. The molecule has 1 aliphatic rings. The van der Waals surface area contributed by atoms with Crippen molar-refractivity contribution in [3.05, 3.63) is 29.3 Å². The van der Waals surface area contributed by atoms with E-state index in [1.54, 1.807) is 13.2 Å². The lowest BCUT2D eigenvalue weighted by Crippen LogP contribution is -2.34. The van der Waals surface area contributed by atoms with Crippen LogP contribution in [0.2, 0.25) is 0 Å². The molecule has 0 radical (unpaired) electrons. The van der Waals surface area contributed by atoms with Crippen LogP contribution in [-0.4, -0.2) is 37.3 Å². The van der Waals surface area contributed by atoms with Crippen molar-refractivity contribution in [3.8, 4) is 5.75 Å². The third-order valence-electron chi connectivity index (χ3n) is 4.03. The van der Waals surface area contributed by atoms with Crippen LogP contribution in [0.5, 0.6) is 5.75 Å². The Kier molecular flexibility index (Phi) is 5.33. The van der Waals surface area contributed by atoms with Crippen LogP contribution in [-0.2, 0) is 11.3 Å². The molecule has 21 heavy (non-hydrogen) atoms. The number of rotatable bonds is 6. The zero-order chi connectivity index (χ0) is 15.2. The summed E-state index contributed by atoms with van der Waals surface area (Å²) in [6.07, 6.45) is 3.30. The Morgan fingerprint density at radius 2 is 2.14 bits per heavy atom. The van der Waals surface area contributed by atoms with Crippen molar-refractivity contribution in [2.75, 3.05) is 20.2 Å². The predicted octanol–water partition coefficient (Wildman–Crippen LogP) is 1.60. The number of methoxy groups -OCH3 is 1. The van der Waals surface area contributed by atoms with Crippen LogP contribution in [0.25, 0.3) is 0 Å². The van der Waals surface area contributed by atoms with Crippen LogP contribution in [0.15, 0.2) is 18.2 Å². The second-order valence-corrected chi connectivity index (χ2v) is 5.58. The number of aldehydes is 1. The first-order valence-corrected chi connectivity index (χ1v) is 7.25. The lowest BCUT2D eigenvalue weighted by Gasteiger charge is -2.31. The Hall–Kier alpha value is -1.88. The van der Waals surface area contributed by atoms with Gasteiger partial charge in [0.2, 0.25) is 5.91 Å². The Morgan fingerprint density at radius 1 is 1.43 bits per heavy atom. The summed E-state index contributed by atoms with van der Waals surface area (Å²) in [4.78, 5) is 24.2. The highest BCUT2D eigenvalue weighted by Gasteiger charge is 2.21. The highest BCUT2D eigenvalue weighted by molar-refractivity contribution is 5.75. The predicted molar refractivity (Wildman–Crippen MR) is 80.2 cm³/mol. The number of ether oxygens (including phenoxy) is 1. The first kappa shape index (κ1) is 15.5. The zero-order valence-electron chi connectivity index (χ0n) is 12.4. The molecule has 0 spiro atoms. The normalized spacial score (nSPS) is 16.6. The molecule has 1 aromatic rings. The van der Waals surface area contributed by atoms with Gasteiger partial charge in [0.1, 0.15) is 12.0 Å². The molecule has 1 aromatic carbocycles. The van der Waals surface area contributed by atoms with Gasteiger partial charge < -0.3 is 10.5 Å². The van der Waals surface area contributed by atoms with E-state index in [1.165, 1.54) is 0 Å². The molecule has 0 unspecified atom stereocenters. The monoisotopic (exact) mass is 290 g/mol. The SMILES string of the molecule is COc1ccc(C=O)cc1CN1CCC(CC(N)=O)CC1. The Bertz CT molecular complexity index is 508. The van der Waals surface area contributed by atoms with E-state index in [9.17, 15) is 9.59 Å². The lowest BCUT2D eigenvalue weighted by atomic mass is 9.93. The number of piperidine rings is 1. The molecule has 5 nitrogen and oxygen atoms in total. The molecular formula is C16H22N2O3. The van der Waals surface area contributed by atoms with Crippen molar-refractivity contribution >= 4 is 12.2 Å². The van der Waals surface area contributed by atoms with Crippen LogP contribution < -0.4 is 10.5 Å². The second-order valence-electron chi connectivity index (χ2n) is 5.58. The van der Waals surface area contributed by atoms with E-state index in [1.807, 2.05) is 12.1 Å². The molecule has 114 valence electrons. The van der Waals surface area contributed by atoms with Crippen LogP contribution in [0, 0.1) is 5.92 Å². The van der Waals surface area contributed by atoms with Crippen LogP contribution >= 0.6 is 0 Å². The minimum absolute atomic E-state index is 0.214. The van der Waals surface area contributed by atoms with Gasteiger partial charge in [-0.1, -0.05) is 0 Å². The molecule has 0 atom stereocenters. The van der Waals surface area contributed by atoms with E-state index in [4.69, 9.17) is 10.5 Å². The maximum absolute atomic E-state index is 11.0. The highest BCUT2D eigenvalue weighted by atomic mass is 16.5. The van der Waals surface area contributed by atoms with Gasteiger partial charge in [-0.05, 0) is 50.0 Å². The molecule has 0 saturated carbocycles. The molecule has 1 fully saturated rings. The Morgan fingerprint density at radius 3 is 2.71 bits per heavy atom. The van der Waals surface area contributed by atoms with Crippen LogP contribution in [0.1, 0.15) is 35.2 Å². The van der Waals surface area contributed by atoms with Gasteiger partial charge in [0, 0.05) is 24.1 Å². The van der Waals surface area contributed by atoms with E-state index in [0.717, 1.165) is 50.1 Å². The number of benzene rings is 1. The third-order valence-corrected chi connectivity index (χ3v) is 4.03. The maximum atomic E-state index is 11.0. The Balaban J connectivity index is 1.96. The fraction of sp³-hybridized carbons (Fsp3) is 0.500. The van der Waals surface area contributed by atoms with E-state index in [-0.39, 0.29) is 5.91 Å². The molecule has 1 aliphatic heterocycles. The molecule has 2 rings (SSSR count). The van der Waals surface area contributed by atoms with Crippen molar-refractivity contribution in [1.29, 1.82) is 0 Å². The number of nitrogens with two attached hydrogens (primary N) is 1. The number of nitrogens with zero attached hydrogens (tertiary/aromatic N) is 1. The number of carbonyl (C=O) groups is 2. The lowest BCUT2D eigenvalue weighted by molar-refractivity contribution is -0.119. The number of carbonyl (C=O) groups excluding carboxylic acids is 2. The number of hydrogen-bond acceptors (Lipinski definition) is 4. The van der Waals surface area contributed by atoms with Gasteiger partial charge in [-0.25, -0.2) is 0 Å². The summed E-state index contributed by atoms with van der Waals surface area (Å²) < 4.78 is 5.36. The third kappa shape index (κ3) is 4.29. The maximum Gasteiger partial charge on any atom is 0.217 e. The van der Waals surface area contributed by atoms with E-state index in [0.29, 0.717) is 17.9 Å². The second kappa shape index (κ2) is 7.22. The first-order chi connectivity index (χ1) is 10.1. The number of likely N-dealkylation sites (tertiary alicyclic amines) is 1. The number of primary amides is 1. The van der Waals surface area contributed by atoms with Crippen molar-refractivity contribution in [1.82, 2.24) is 4.90 Å². The molecule has 0 bridgehead atoms. The van der Waals surface area contributed by atoms with Crippen molar-refractivity contribution < 1.29 is 14.3 Å². The largest absolute Gasteiger partial charge is 0.496 e. The summed E-state index contributed by atoms with van der Waals surface area (Å²) in [6, 6.07) is 5.47. The summed E-state index contributed by atoms with van der Waals surface area (Å²) >= 11 is 0. The molecule has 2 N–H and O–H groups in total. The van der Waals surface area contributed by atoms with Gasteiger partial charge in [0.25, 0.3) is 0 Å². The molecule has 1 heterocycles. The standard InChI is InChI=1S/C16H22N2O3/c1-21-15-3-2-13(11-19)8-14(15)10-18-6-4-12(5-7-18)9-16(17)20/h2-3,8,11-12H,4-7,9-10H2,1H3,(H2,17,20).